The molecule has 1 saturated carbocycles. The Kier molecular flexibility index (Phi) is 3.43. The highest BCUT2D eigenvalue weighted by molar-refractivity contribution is 5.92. The van der Waals surface area contributed by atoms with Crippen LogP contribution in [0.1, 0.15) is 12.8 Å². The maximum atomic E-state index is 12.2. The Balaban J connectivity index is 1.33. The highest BCUT2D eigenvalue weighted by atomic mass is 16.7. The van der Waals surface area contributed by atoms with Gasteiger partial charge in [0.1, 0.15) is 0 Å². The predicted octanol–water partition coefficient (Wildman–Crippen LogP) is 1.02. The number of benzene rings is 1. The summed E-state index contributed by atoms with van der Waals surface area (Å²) in [6.45, 7) is 2.60. The van der Waals surface area contributed by atoms with Crippen molar-refractivity contribution in [3.63, 3.8) is 0 Å². The molecule has 6 heteroatoms. The number of ether oxygens (including phenoxy) is 2. The fraction of sp³-hybridized carbons (Fsp3) is 0.562. The van der Waals surface area contributed by atoms with Crippen LogP contribution < -0.4 is 20.5 Å². The second kappa shape index (κ2) is 5.44. The monoisotopic (exact) mass is 303 g/mol. The van der Waals surface area contributed by atoms with Crippen molar-refractivity contribution in [3.8, 4) is 11.5 Å². The van der Waals surface area contributed by atoms with Crippen molar-refractivity contribution in [2.45, 2.75) is 18.9 Å². The normalized spacial score (nSPS) is 29.6. The van der Waals surface area contributed by atoms with Crippen LogP contribution in [0.3, 0.4) is 0 Å². The molecule has 1 amide bonds. The Bertz CT molecular complexity index is 592. The largest absolute Gasteiger partial charge is 0.454 e. The van der Waals surface area contributed by atoms with Crippen LogP contribution in [0.4, 0.5) is 5.69 Å². The number of nitrogens with one attached hydrogen (secondary N) is 1. The van der Waals surface area contributed by atoms with E-state index in [1.54, 1.807) is 6.07 Å². The molecule has 3 aliphatic rings. The molecule has 1 aromatic carbocycles. The molecule has 1 aromatic rings. The van der Waals surface area contributed by atoms with Crippen LogP contribution in [0.5, 0.6) is 11.5 Å². The Labute approximate surface area is 129 Å². The van der Waals surface area contributed by atoms with Crippen LogP contribution in [0.15, 0.2) is 18.2 Å². The van der Waals surface area contributed by atoms with E-state index < -0.39 is 0 Å². The van der Waals surface area contributed by atoms with Crippen LogP contribution in [0.2, 0.25) is 0 Å². The number of anilines is 1. The molecule has 1 aliphatic carbocycles. The average Bonchev–Trinajstić information content (AvgIpc) is 3.16. The third kappa shape index (κ3) is 2.53. The molecule has 4 rings (SSSR count). The van der Waals surface area contributed by atoms with Crippen LogP contribution in [-0.4, -0.2) is 43.3 Å². The first-order chi connectivity index (χ1) is 10.7. The standard InChI is InChI=1S/C16H21N3O3/c17-13-3-1-10-6-19(7-12(10)13)8-16(20)18-11-2-4-14-15(5-11)22-9-21-14/h2,4-5,10,12-13H,1,3,6-9,17H2,(H,18,20). The maximum Gasteiger partial charge on any atom is 0.238 e. The molecule has 3 N–H and O–H groups in total. The number of fused-ring (bicyclic) bond motifs is 2. The summed E-state index contributed by atoms with van der Waals surface area (Å²) in [5.41, 5.74) is 6.88. The molecule has 1 saturated heterocycles. The number of carbonyl (C=O) groups is 1. The zero-order valence-electron chi connectivity index (χ0n) is 12.5. The highest BCUT2D eigenvalue weighted by Gasteiger charge is 2.41. The molecular formula is C16H21N3O3. The minimum atomic E-state index is 0.00686. The van der Waals surface area contributed by atoms with Crippen LogP contribution in [0.25, 0.3) is 0 Å². The third-order valence-electron chi connectivity index (χ3n) is 5.01. The molecular weight excluding hydrogens is 282 g/mol. The fourth-order valence-corrected chi connectivity index (χ4v) is 3.91. The van der Waals surface area contributed by atoms with Gasteiger partial charge in [0.05, 0.1) is 6.54 Å². The first kappa shape index (κ1) is 13.8. The second-order valence-electron chi connectivity index (χ2n) is 6.48. The highest BCUT2D eigenvalue weighted by Crippen LogP contribution is 2.37. The van der Waals surface area contributed by atoms with E-state index in [4.69, 9.17) is 15.2 Å². The van der Waals surface area contributed by atoms with Crippen molar-refractivity contribution in [2.24, 2.45) is 17.6 Å². The van der Waals surface area contributed by atoms with Crippen LogP contribution in [-0.2, 0) is 4.79 Å². The van der Waals surface area contributed by atoms with E-state index in [0.29, 0.717) is 30.2 Å². The van der Waals surface area contributed by atoms with Gasteiger partial charge >= 0.3 is 0 Å². The van der Waals surface area contributed by atoms with E-state index in [1.165, 1.54) is 6.42 Å². The van der Waals surface area contributed by atoms with Gasteiger partial charge in [-0.25, -0.2) is 0 Å². The smallest absolute Gasteiger partial charge is 0.238 e. The summed E-state index contributed by atoms with van der Waals surface area (Å²) >= 11 is 0. The van der Waals surface area contributed by atoms with Gasteiger partial charge in [0.25, 0.3) is 0 Å². The summed E-state index contributed by atoms with van der Waals surface area (Å²) in [6.07, 6.45) is 2.33. The summed E-state index contributed by atoms with van der Waals surface area (Å²) in [5.74, 6) is 2.65. The molecule has 0 radical (unpaired) electrons. The number of nitrogens with zero attached hydrogens (tertiary/aromatic N) is 1. The van der Waals surface area contributed by atoms with Crippen molar-refractivity contribution >= 4 is 11.6 Å². The maximum absolute atomic E-state index is 12.2. The lowest BCUT2D eigenvalue weighted by atomic mass is 9.98. The minimum Gasteiger partial charge on any atom is -0.454 e. The van der Waals surface area contributed by atoms with E-state index in [0.717, 1.165) is 30.9 Å². The first-order valence-corrected chi connectivity index (χ1v) is 7.86. The number of nitrogens with two attached hydrogens (primary N) is 1. The number of hydrogen-bond donors (Lipinski definition) is 2. The zero-order valence-corrected chi connectivity index (χ0v) is 12.5. The molecule has 2 fully saturated rings. The molecule has 3 atom stereocenters. The summed E-state index contributed by atoms with van der Waals surface area (Å²) < 4.78 is 10.6. The zero-order chi connectivity index (χ0) is 15.1. The summed E-state index contributed by atoms with van der Waals surface area (Å²) in [5, 5.41) is 2.93. The van der Waals surface area contributed by atoms with Gasteiger partial charge in [0, 0.05) is 30.9 Å². The number of likely N-dealkylation sites (tertiary alicyclic amines) is 1. The molecule has 22 heavy (non-hydrogen) atoms. The lowest BCUT2D eigenvalue weighted by Gasteiger charge is -2.17. The Morgan fingerprint density at radius 3 is 3.00 bits per heavy atom. The molecule has 118 valence electrons. The fourth-order valence-electron chi connectivity index (χ4n) is 3.91. The number of hydrogen-bond acceptors (Lipinski definition) is 5. The molecule has 2 heterocycles. The van der Waals surface area contributed by atoms with Gasteiger partial charge in [-0.3, -0.25) is 9.69 Å². The van der Waals surface area contributed by atoms with Gasteiger partial charge in [-0.1, -0.05) is 0 Å². The van der Waals surface area contributed by atoms with Gasteiger partial charge in [0.2, 0.25) is 12.7 Å². The average molecular weight is 303 g/mol. The molecule has 6 nitrogen and oxygen atoms in total. The molecule has 2 aliphatic heterocycles. The molecule has 0 spiro atoms. The molecule has 3 unspecified atom stereocenters. The minimum absolute atomic E-state index is 0.00686. The van der Waals surface area contributed by atoms with Gasteiger partial charge in [0.15, 0.2) is 11.5 Å². The lowest BCUT2D eigenvalue weighted by Crippen LogP contribution is -2.34. The van der Waals surface area contributed by atoms with Crippen molar-refractivity contribution in [3.05, 3.63) is 18.2 Å². The van der Waals surface area contributed by atoms with Crippen molar-refractivity contribution in [1.29, 1.82) is 0 Å². The Hall–Kier alpha value is -1.79. The second-order valence-corrected chi connectivity index (χ2v) is 6.48. The van der Waals surface area contributed by atoms with E-state index in [9.17, 15) is 4.79 Å². The van der Waals surface area contributed by atoms with Crippen molar-refractivity contribution in [1.82, 2.24) is 4.90 Å². The van der Waals surface area contributed by atoms with Crippen LogP contribution in [0, 0.1) is 11.8 Å². The van der Waals surface area contributed by atoms with Crippen molar-refractivity contribution < 1.29 is 14.3 Å². The van der Waals surface area contributed by atoms with E-state index in [-0.39, 0.29) is 12.7 Å². The molecule has 0 bridgehead atoms. The number of rotatable bonds is 3. The number of amides is 1. The van der Waals surface area contributed by atoms with Crippen molar-refractivity contribution in [2.75, 3.05) is 31.7 Å². The van der Waals surface area contributed by atoms with Gasteiger partial charge in [-0.2, -0.15) is 0 Å². The lowest BCUT2D eigenvalue weighted by molar-refractivity contribution is -0.117. The predicted molar refractivity (Wildman–Crippen MR) is 81.8 cm³/mol. The summed E-state index contributed by atoms with van der Waals surface area (Å²) in [6, 6.07) is 5.76. The number of carbonyl (C=O) groups excluding carboxylic acids is 1. The van der Waals surface area contributed by atoms with E-state index >= 15 is 0 Å². The Morgan fingerprint density at radius 2 is 2.14 bits per heavy atom. The third-order valence-corrected chi connectivity index (χ3v) is 5.01. The van der Waals surface area contributed by atoms with E-state index in [1.807, 2.05) is 12.1 Å². The van der Waals surface area contributed by atoms with Crippen LogP contribution >= 0.6 is 0 Å². The topological polar surface area (TPSA) is 76.8 Å². The quantitative estimate of drug-likeness (QED) is 0.872. The SMILES string of the molecule is NC1CCC2CN(CC(=O)Nc3ccc4c(c3)OCO4)CC12. The summed E-state index contributed by atoms with van der Waals surface area (Å²) in [7, 11) is 0. The molecule has 0 aromatic heterocycles. The van der Waals surface area contributed by atoms with E-state index in [2.05, 4.69) is 10.2 Å². The first-order valence-electron chi connectivity index (χ1n) is 7.86. The van der Waals surface area contributed by atoms with Gasteiger partial charge in [-0.15, -0.1) is 0 Å². The Morgan fingerprint density at radius 1 is 1.27 bits per heavy atom. The van der Waals surface area contributed by atoms with Gasteiger partial charge < -0.3 is 20.5 Å². The summed E-state index contributed by atoms with van der Waals surface area (Å²) in [4.78, 5) is 14.4. The van der Waals surface area contributed by atoms with Gasteiger partial charge in [-0.05, 0) is 36.8 Å².